The van der Waals surface area contributed by atoms with E-state index in [0.29, 0.717) is 13.0 Å². The standard InChI is InChI=1S/C25H31NO7S/c1-5-30-23(28)25(24(29)31-6-2)32-20-12-11-17(14-21(20)33-25)13-16(3)26-15-19(27)18-9-7-8-10-22(18)34-4/h7-12,14,16,19,26-27H,5-6,13,15H2,1-4H3. The molecule has 1 heterocycles. The largest absolute Gasteiger partial charge is 0.460 e. The van der Waals surface area contributed by atoms with Gasteiger partial charge < -0.3 is 29.4 Å². The number of esters is 2. The summed E-state index contributed by atoms with van der Waals surface area (Å²) in [6.07, 6.45) is 1.98. The second-order valence-electron chi connectivity index (χ2n) is 7.81. The molecule has 2 atom stereocenters. The highest BCUT2D eigenvalue weighted by atomic mass is 32.2. The lowest BCUT2D eigenvalue weighted by atomic mass is 10.1. The van der Waals surface area contributed by atoms with Gasteiger partial charge in [-0.15, -0.1) is 11.8 Å². The molecular formula is C25H31NO7S. The number of thioether (sulfide) groups is 1. The Kier molecular flexibility index (Phi) is 8.82. The van der Waals surface area contributed by atoms with Crippen molar-refractivity contribution in [2.24, 2.45) is 0 Å². The zero-order valence-electron chi connectivity index (χ0n) is 19.8. The van der Waals surface area contributed by atoms with Gasteiger partial charge >= 0.3 is 17.7 Å². The van der Waals surface area contributed by atoms with Gasteiger partial charge in [0.25, 0.3) is 0 Å². The topological polar surface area (TPSA) is 103 Å². The van der Waals surface area contributed by atoms with Crippen LogP contribution in [0.25, 0.3) is 0 Å². The van der Waals surface area contributed by atoms with Gasteiger partial charge in [-0.05, 0) is 62.8 Å². The van der Waals surface area contributed by atoms with Crippen molar-refractivity contribution in [2.75, 3.05) is 26.0 Å². The van der Waals surface area contributed by atoms with Crippen LogP contribution in [0.4, 0.5) is 0 Å². The van der Waals surface area contributed by atoms with Gasteiger partial charge in [0.15, 0.2) is 11.5 Å². The SMILES string of the molecule is CCOC(=O)C1(C(=O)OCC)Oc2ccc(CC(C)NCC(O)c3ccccc3SC)cc2O1. The summed E-state index contributed by atoms with van der Waals surface area (Å²) in [4.78, 5) is 26.1. The van der Waals surface area contributed by atoms with Crippen LogP contribution in [0.15, 0.2) is 47.4 Å². The summed E-state index contributed by atoms with van der Waals surface area (Å²) >= 11 is 1.60. The van der Waals surface area contributed by atoms with Crippen molar-refractivity contribution in [3.63, 3.8) is 0 Å². The number of rotatable bonds is 11. The molecule has 2 aromatic rings. The van der Waals surface area contributed by atoms with Crippen LogP contribution in [0.5, 0.6) is 11.5 Å². The Labute approximate surface area is 203 Å². The molecule has 0 aliphatic carbocycles. The molecule has 2 N–H and O–H groups in total. The lowest BCUT2D eigenvalue weighted by molar-refractivity contribution is -0.202. The predicted octanol–water partition coefficient (Wildman–Crippen LogP) is 3.26. The zero-order valence-corrected chi connectivity index (χ0v) is 20.6. The average Bonchev–Trinajstić information content (AvgIpc) is 3.23. The van der Waals surface area contributed by atoms with Crippen LogP contribution in [-0.2, 0) is 25.5 Å². The molecule has 2 unspecified atom stereocenters. The Hall–Kier alpha value is -2.75. The molecule has 0 radical (unpaired) electrons. The number of benzene rings is 2. The number of aliphatic hydroxyl groups excluding tert-OH is 1. The maximum absolute atomic E-state index is 12.5. The molecule has 9 heteroatoms. The van der Waals surface area contributed by atoms with E-state index >= 15 is 0 Å². The first kappa shape index (κ1) is 25.9. The minimum atomic E-state index is -2.30. The fraction of sp³-hybridized carbons (Fsp3) is 0.440. The number of carbonyl (C=O) groups excluding carboxylic acids is 2. The highest BCUT2D eigenvalue weighted by molar-refractivity contribution is 7.98. The smallest absolute Gasteiger partial charge is 0.453 e. The van der Waals surface area contributed by atoms with Crippen molar-refractivity contribution in [2.45, 2.75) is 50.0 Å². The van der Waals surface area contributed by atoms with E-state index in [-0.39, 0.29) is 30.8 Å². The predicted molar refractivity (Wildman–Crippen MR) is 128 cm³/mol. The van der Waals surface area contributed by atoms with Crippen LogP contribution in [0.2, 0.25) is 0 Å². The number of hydrogen-bond donors (Lipinski definition) is 2. The highest BCUT2D eigenvalue weighted by Gasteiger charge is 2.59. The molecule has 1 aliphatic rings. The van der Waals surface area contributed by atoms with E-state index in [9.17, 15) is 14.7 Å². The van der Waals surface area contributed by atoms with Crippen LogP contribution in [0.3, 0.4) is 0 Å². The van der Waals surface area contributed by atoms with E-state index in [1.807, 2.05) is 43.5 Å². The van der Waals surface area contributed by atoms with Crippen LogP contribution in [0.1, 0.15) is 38.0 Å². The summed E-state index contributed by atoms with van der Waals surface area (Å²) in [6, 6.07) is 13.1. The second-order valence-corrected chi connectivity index (χ2v) is 8.66. The van der Waals surface area contributed by atoms with E-state index in [0.717, 1.165) is 16.0 Å². The van der Waals surface area contributed by atoms with E-state index < -0.39 is 23.8 Å². The Morgan fingerprint density at radius 2 is 1.71 bits per heavy atom. The first-order valence-electron chi connectivity index (χ1n) is 11.2. The van der Waals surface area contributed by atoms with Gasteiger partial charge in [-0.2, -0.15) is 0 Å². The summed E-state index contributed by atoms with van der Waals surface area (Å²) in [5.74, 6) is -3.69. The third kappa shape index (κ3) is 5.65. The molecule has 0 spiro atoms. The molecule has 8 nitrogen and oxygen atoms in total. The van der Waals surface area contributed by atoms with Crippen molar-refractivity contribution >= 4 is 23.7 Å². The third-order valence-electron chi connectivity index (χ3n) is 5.30. The molecule has 184 valence electrons. The fourth-order valence-corrected chi connectivity index (χ4v) is 4.32. The molecule has 34 heavy (non-hydrogen) atoms. The molecule has 0 aromatic heterocycles. The van der Waals surface area contributed by atoms with E-state index in [1.54, 1.807) is 37.7 Å². The monoisotopic (exact) mass is 489 g/mol. The molecule has 3 rings (SSSR count). The van der Waals surface area contributed by atoms with Crippen molar-refractivity contribution in [3.05, 3.63) is 53.6 Å². The maximum Gasteiger partial charge on any atom is 0.453 e. The van der Waals surface area contributed by atoms with Gasteiger partial charge in [-0.1, -0.05) is 24.3 Å². The van der Waals surface area contributed by atoms with Crippen LogP contribution < -0.4 is 14.8 Å². The van der Waals surface area contributed by atoms with E-state index in [2.05, 4.69) is 5.32 Å². The lowest BCUT2D eigenvalue weighted by Gasteiger charge is -2.22. The lowest BCUT2D eigenvalue weighted by Crippen LogP contribution is -2.55. The Balaban J connectivity index is 1.66. The zero-order chi connectivity index (χ0) is 24.7. The first-order valence-corrected chi connectivity index (χ1v) is 12.5. The molecule has 0 fully saturated rings. The number of aliphatic hydroxyl groups is 1. The number of fused-ring (bicyclic) bond motifs is 1. The molecule has 0 saturated heterocycles. The average molecular weight is 490 g/mol. The van der Waals surface area contributed by atoms with Gasteiger partial charge in [-0.3, -0.25) is 0 Å². The summed E-state index contributed by atoms with van der Waals surface area (Å²) in [7, 11) is 0. The summed E-state index contributed by atoms with van der Waals surface area (Å²) in [6.45, 7) is 5.79. The van der Waals surface area contributed by atoms with E-state index in [4.69, 9.17) is 18.9 Å². The first-order chi connectivity index (χ1) is 16.3. The van der Waals surface area contributed by atoms with Crippen LogP contribution in [0, 0.1) is 0 Å². The quantitative estimate of drug-likeness (QED) is 0.280. The number of ether oxygens (including phenoxy) is 4. The van der Waals surface area contributed by atoms with Gasteiger partial charge in [0.1, 0.15) is 0 Å². The summed E-state index contributed by atoms with van der Waals surface area (Å²) in [5, 5.41) is 14.0. The third-order valence-corrected chi connectivity index (χ3v) is 6.11. The van der Waals surface area contributed by atoms with Crippen molar-refractivity contribution in [1.82, 2.24) is 5.32 Å². The fourth-order valence-electron chi connectivity index (χ4n) is 3.67. The van der Waals surface area contributed by atoms with Crippen LogP contribution >= 0.6 is 11.8 Å². The number of hydrogen-bond acceptors (Lipinski definition) is 9. The van der Waals surface area contributed by atoms with Crippen molar-refractivity contribution in [1.29, 1.82) is 0 Å². The number of nitrogens with one attached hydrogen (secondary N) is 1. The van der Waals surface area contributed by atoms with Gasteiger partial charge in [0, 0.05) is 17.5 Å². The molecular weight excluding hydrogens is 458 g/mol. The summed E-state index contributed by atoms with van der Waals surface area (Å²) in [5.41, 5.74) is 1.80. The van der Waals surface area contributed by atoms with Gasteiger partial charge in [0.2, 0.25) is 0 Å². The Bertz CT molecular complexity index is 995. The highest BCUT2D eigenvalue weighted by Crippen LogP contribution is 2.41. The molecule has 0 bridgehead atoms. The molecule has 2 aromatic carbocycles. The second kappa shape index (κ2) is 11.6. The van der Waals surface area contributed by atoms with Gasteiger partial charge in [0.05, 0.1) is 19.3 Å². The molecule has 1 aliphatic heterocycles. The molecule has 0 saturated carbocycles. The summed E-state index contributed by atoms with van der Waals surface area (Å²) < 4.78 is 21.3. The Morgan fingerprint density at radius 1 is 1.06 bits per heavy atom. The maximum atomic E-state index is 12.5. The van der Waals surface area contributed by atoms with Crippen molar-refractivity contribution in [3.8, 4) is 11.5 Å². The number of carbonyl (C=O) groups is 2. The van der Waals surface area contributed by atoms with E-state index in [1.165, 1.54) is 0 Å². The Morgan fingerprint density at radius 3 is 2.35 bits per heavy atom. The normalized spacial score (nSPS) is 15.4. The minimum absolute atomic E-state index is 0.0383. The molecule has 0 amide bonds. The van der Waals surface area contributed by atoms with Gasteiger partial charge in [-0.25, -0.2) is 9.59 Å². The minimum Gasteiger partial charge on any atom is -0.460 e. The van der Waals surface area contributed by atoms with Crippen LogP contribution in [-0.4, -0.2) is 54.9 Å². The van der Waals surface area contributed by atoms with Crippen molar-refractivity contribution < 1.29 is 33.6 Å².